The molecule has 1 aromatic heterocycles. The van der Waals surface area contributed by atoms with Gasteiger partial charge < -0.3 is 0 Å². The normalized spacial score (nSPS) is 11.2. The summed E-state index contributed by atoms with van der Waals surface area (Å²) in [5.74, 6) is 0. The van der Waals surface area contributed by atoms with Crippen molar-refractivity contribution < 1.29 is 8.42 Å². The number of aromatic nitrogens is 1. The van der Waals surface area contributed by atoms with E-state index in [1.165, 1.54) is 23.5 Å². The van der Waals surface area contributed by atoms with E-state index in [2.05, 4.69) is 15.9 Å². The van der Waals surface area contributed by atoms with Gasteiger partial charge in [0, 0.05) is 5.38 Å². The van der Waals surface area contributed by atoms with Crippen LogP contribution in [-0.2, 0) is 10.0 Å². The molecular formula is C9H7N2O2S2. The lowest BCUT2D eigenvalue weighted by Crippen LogP contribution is -2.12. The fourth-order valence-corrected chi connectivity index (χ4v) is 2.77. The second kappa shape index (κ2) is 4.00. The monoisotopic (exact) mass is 239 g/mol. The first-order valence-corrected chi connectivity index (χ1v) is 6.44. The Bertz CT molecular complexity index is 521. The van der Waals surface area contributed by atoms with Crippen LogP contribution in [-0.4, -0.2) is 13.4 Å². The Balaban J connectivity index is 2.29. The predicted octanol–water partition coefficient (Wildman–Crippen LogP) is 1.74. The highest BCUT2D eigenvalue weighted by Crippen LogP contribution is 2.16. The van der Waals surface area contributed by atoms with Crippen LogP contribution < -0.4 is 4.72 Å². The van der Waals surface area contributed by atoms with E-state index in [0.29, 0.717) is 5.13 Å². The molecule has 0 aliphatic rings. The number of sulfonamides is 1. The summed E-state index contributed by atoms with van der Waals surface area (Å²) in [6.45, 7) is 0. The molecule has 0 amide bonds. The molecule has 0 aliphatic carbocycles. The lowest BCUT2D eigenvalue weighted by Gasteiger charge is -2.03. The minimum absolute atomic E-state index is 0.222. The highest BCUT2D eigenvalue weighted by atomic mass is 32.2. The second-order valence-electron chi connectivity index (χ2n) is 2.70. The highest BCUT2D eigenvalue weighted by molar-refractivity contribution is 7.93. The summed E-state index contributed by atoms with van der Waals surface area (Å²) < 4.78 is 25.8. The Morgan fingerprint density at radius 1 is 1.27 bits per heavy atom. The summed E-state index contributed by atoms with van der Waals surface area (Å²) in [7, 11) is -3.51. The van der Waals surface area contributed by atoms with Gasteiger partial charge in [-0.25, -0.2) is 13.4 Å². The van der Waals surface area contributed by atoms with Gasteiger partial charge in [-0.15, -0.1) is 11.3 Å². The molecule has 0 unspecified atom stereocenters. The molecule has 0 aliphatic heterocycles. The summed E-state index contributed by atoms with van der Waals surface area (Å²) in [5, 5.41) is 1.90. The van der Waals surface area contributed by atoms with Crippen molar-refractivity contribution in [1.82, 2.24) is 4.98 Å². The molecule has 1 radical (unpaired) electrons. The Hall–Kier alpha value is -1.40. The number of hydrogen-bond acceptors (Lipinski definition) is 4. The van der Waals surface area contributed by atoms with E-state index in [0.717, 1.165) is 0 Å². The van der Waals surface area contributed by atoms with E-state index < -0.39 is 10.0 Å². The number of rotatable bonds is 3. The molecule has 4 nitrogen and oxygen atoms in total. The van der Waals surface area contributed by atoms with Crippen molar-refractivity contribution in [1.29, 1.82) is 0 Å². The number of thiazole rings is 1. The van der Waals surface area contributed by atoms with Crippen molar-refractivity contribution in [2.24, 2.45) is 0 Å². The summed E-state index contributed by atoms with van der Waals surface area (Å²) in [5.41, 5.74) is 0. The predicted molar refractivity (Wildman–Crippen MR) is 58.2 cm³/mol. The number of nitrogens with zero attached hydrogens (tertiary/aromatic N) is 1. The zero-order valence-electron chi connectivity index (χ0n) is 7.54. The van der Waals surface area contributed by atoms with Gasteiger partial charge >= 0.3 is 0 Å². The molecule has 6 heteroatoms. The Kier molecular flexibility index (Phi) is 2.70. The quantitative estimate of drug-likeness (QED) is 0.887. The van der Waals surface area contributed by atoms with Gasteiger partial charge in [0.1, 0.15) is 6.20 Å². The molecule has 1 aromatic carbocycles. The number of hydrogen-bond donors (Lipinski definition) is 1. The van der Waals surface area contributed by atoms with Crippen LogP contribution in [0.4, 0.5) is 5.13 Å². The van der Waals surface area contributed by atoms with Crippen molar-refractivity contribution in [3.05, 3.63) is 41.9 Å². The van der Waals surface area contributed by atoms with E-state index in [9.17, 15) is 8.42 Å². The molecule has 0 fully saturated rings. The Morgan fingerprint density at radius 2 is 2.00 bits per heavy atom. The number of anilines is 1. The van der Waals surface area contributed by atoms with Gasteiger partial charge in [0.05, 0.1) is 4.90 Å². The van der Waals surface area contributed by atoms with Crippen LogP contribution in [0.15, 0.2) is 40.6 Å². The summed E-state index contributed by atoms with van der Waals surface area (Å²) in [6, 6.07) is 8.15. The molecule has 2 aromatic rings. The zero-order valence-corrected chi connectivity index (χ0v) is 9.18. The second-order valence-corrected chi connectivity index (χ2v) is 5.24. The van der Waals surface area contributed by atoms with Gasteiger partial charge in [-0.2, -0.15) is 0 Å². The van der Waals surface area contributed by atoms with E-state index in [-0.39, 0.29) is 4.90 Å². The molecule has 1 heterocycles. The van der Waals surface area contributed by atoms with E-state index >= 15 is 0 Å². The van der Waals surface area contributed by atoms with Crippen LogP contribution in [0, 0.1) is 6.20 Å². The molecule has 0 spiro atoms. The van der Waals surface area contributed by atoms with Gasteiger partial charge in [0.15, 0.2) is 5.13 Å². The fourth-order valence-electron chi connectivity index (χ4n) is 1.01. The fraction of sp³-hybridized carbons (Fsp3) is 0. The first-order chi connectivity index (χ1) is 7.18. The maximum atomic E-state index is 11.7. The van der Waals surface area contributed by atoms with Crippen molar-refractivity contribution in [3.8, 4) is 0 Å². The maximum absolute atomic E-state index is 11.7. The van der Waals surface area contributed by atoms with E-state index in [4.69, 9.17) is 0 Å². The molecule has 0 bridgehead atoms. The molecule has 77 valence electrons. The molecular weight excluding hydrogens is 232 g/mol. The van der Waals surface area contributed by atoms with Crippen LogP contribution in [0.2, 0.25) is 0 Å². The van der Waals surface area contributed by atoms with Gasteiger partial charge in [-0.1, -0.05) is 18.2 Å². The van der Waals surface area contributed by atoms with Crippen molar-refractivity contribution >= 4 is 26.5 Å². The molecule has 0 saturated carbocycles. The van der Waals surface area contributed by atoms with Gasteiger partial charge in [0.25, 0.3) is 10.0 Å². The third kappa shape index (κ3) is 2.34. The van der Waals surface area contributed by atoms with Crippen LogP contribution in [0.3, 0.4) is 0 Å². The number of nitrogens with one attached hydrogen (secondary N) is 1. The maximum Gasteiger partial charge on any atom is 0.263 e. The van der Waals surface area contributed by atoms with Crippen LogP contribution in [0.1, 0.15) is 0 Å². The van der Waals surface area contributed by atoms with Crippen molar-refractivity contribution in [3.63, 3.8) is 0 Å². The summed E-state index contributed by atoms with van der Waals surface area (Å²) in [6.07, 6.45) is 2.55. The molecule has 0 saturated heterocycles. The highest BCUT2D eigenvalue weighted by Gasteiger charge is 2.14. The minimum atomic E-state index is -3.51. The third-order valence-corrected chi connectivity index (χ3v) is 3.79. The first-order valence-electron chi connectivity index (χ1n) is 4.08. The molecule has 0 atom stereocenters. The Morgan fingerprint density at radius 3 is 2.60 bits per heavy atom. The molecule has 2 rings (SSSR count). The zero-order chi connectivity index (χ0) is 10.7. The number of benzene rings is 1. The van der Waals surface area contributed by atoms with E-state index in [1.807, 2.05) is 0 Å². The lowest BCUT2D eigenvalue weighted by molar-refractivity contribution is 0.601. The van der Waals surface area contributed by atoms with E-state index in [1.54, 1.807) is 23.6 Å². The average molecular weight is 239 g/mol. The average Bonchev–Trinajstić information content (AvgIpc) is 2.71. The van der Waals surface area contributed by atoms with Gasteiger partial charge in [0.2, 0.25) is 0 Å². The topological polar surface area (TPSA) is 59.1 Å². The van der Waals surface area contributed by atoms with Gasteiger partial charge in [-0.3, -0.25) is 4.72 Å². The van der Waals surface area contributed by atoms with Crippen LogP contribution >= 0.6 is 11.3 Å². The minimum Gasteiger partial charge on any atom is -0.255 e. The third-order valence-electron chi connectivity index (χ3n) is 1.66. The molecule has 1 N–H and O–H groups in total. The summed E-state index contributed by atoms with van der Waals surface area (Å²) in [4.78, 5) is 3.95. The Labute approximate surface area is 91.7 Å². The standard InChI is InChI=1S/C9H7N2O2S2/c12-15(13,8-4-2-1-3-5-8)11-9-10-6-7-14-9/h1-5,7H,(H,10,11). The lowest BCUT2D eigenvalue weighted by atomic mass is 10.4. The molecule has 15 heavy (non-hydrogen) atoms. The van der Waals surface area contributed by atoms with Crippen LogP contribution in [0.5, 0.6) is 0 Å². The summed E-state index contributed by atoms with van der Waals surface area (Å²) >= 11 is 1.19. The van der Waals surface area contributed by atoms with Gasteiger partial charge in [-0.05, 0) is 12.1 Å². The smallest absolute Gasteiger partial charge is 0.255 e. The van der Waals surface area contributed by atoms with Crippen molar-refractivity contribution in [2.75, 3.05) is 4.72 Å². The largest absolute Gasteiger partial charge is 0.263 e. The van der Waals surface area contributed by atoms with Crippen LogP contribution in [0.25, 0.3) is 0 Å². The first kappa shape index (κ1) is 10.1. The van der Waals surface area contributed by atoms with Crippen molar-refractivity contribution in [2.45, 2.75) is 4.90 Å². The SMILES string of the molecule is O=S(=O)(Nc1n[c]cs1)c1ccccc1.